The lowest BCUT2D eigenvalue weighted by Gasteiger charge is -2.32. The minimum atomic E-state index is 0.315. The van der Waals surface area contributed by atoms with Gasteiger partial charge in [-0.1, -0.05) is 127 Å². The van der Waals surface area contributed by atoms with Crippen molar-refractivity contribution >= 4 is 62.2 Å². The topological polar surface area (TPSA) is 8.17 Å². The van der Waals surface area contributed by atoms with E-state index in [-0.39, 0.29) is 0 Å². The number of para-hydroxylation sites is 2. The molecule has 3 atom stereocenters. The Morgan fingerprint density at radius 3 is 2.49 bits per heavy atom. The van der Waals surface area contributed by atoms with Crippen molar-refractivity contribution in [1.82, 2.24) is 4.57 Å². The number of rotatable bonds is 4. The number of fused-ring (bicyclic) bond motifs is 10. The summed E-state index contributed by atoms with van der Waals surface area (Å²) in [4.78, 5) is 3.97. The van der Waals surface area contributed by atoms with Crippen molar-refractivity contribution in [2.75, 3.05) is 4.90 Å². The molecule has 4 aliphatic carbocycles. The fourth-order valence-corrected chi connectivity index (χ4v) is 11.1. The molecule has 0 radical (unpaired) electrons. The lowest BCUT2D eigenvalue weighted by Crippen LogP contribution is -2.34. The first-order valence-corrected chi connectivity index (χ1v) is 19.6. The summed E-state index contributed by atoms with van der Waals surface area (Å²) in [7, 11) is 0. The summed E-state index contributed by atoms with van der Waals surface area (Å²) in [6.45, 7) is 0. The van der Waals surface area contributed by atoms with Crippen molar-refractivity contribution in [3.8, 4) is 5.69 Å². The highest BCUT2D eigenvalue weighted by molar-refractivity contribution is 8.00. The zero-order valence-electron chi connectivity index (χ0n) is 29.0. The molecule has 250 valence electrons. The van der Waals surface area contributed by atoms with Crippen LogP contribution in [0.3, 0.4) is 0 Å². The Morgan fingerprint density at radius 2 is 1.53 bits per heavy atom. The van der Waals surface area contributed by atoms with E-state index in [4.69, 9.17) is 0 Å². The van der Waals surface area contributed by atoms with Crippen LogP contribution in [0.25, 0.3) is 44.7 Å². The number of thioether (sulfide) groups is 1. The number of anilines is 2. The third kappa shape index (κ3) is 4.23. The van der Waals surface area contributed by atoms with Gasteiger partial charge in [0.2, 0.25) is 0 Å². The molecule has 0 amide bonds. The monoisotopic (exact) mass is 694 g/mol. The van der Waals surface area contributed by atoms with Gasteiger partial charge >= 0.3 is 0 Å². The molecule has 0 spiro atoms. The van der Waals surface area contributed by atoms with Crippen LogP contribution in [0.2, 0.25) is 0 Å². The smallest absolute Gasteiger partial charge is 0.0561 e. The van der Waals surface area contributed by atoms with Gasteiger partial charge in [-0.3, -0.25) is 0 Å². The molecular weight excluding hydrogens is 661 g/mol. The average Bonchev–Trinajstić information content (AvgIpc) is 3.87. The summed E-state index contributed by atoms with van der Waals surface area (Å²) < 4.78 is 2.44. The first-order chi connectivity index (χ1) is 26.3. The van der Waals surface area contributed by atoms with Crippen LogP contribution >= 0.6 is 11.8 Å². The maximum atomic E-state index is 2.58. The fraction of sp³-hybridized carbons (Fsp3) is 0.0800. The molecule has 2 heterocycles. The number of hydrogen-bond donors (Lipinski definition) is 0. The van der Waals surface area contributed by atoms with Gasteiger partial charge in [0.25, 0.3) is 0 Å². The Labute approximate surface area is 312 Å². The van der Waals surface area contributed by atoms with Crippen molar-refractivity contribution < 1.29 is 0 Å². The molecule has 0 N–H and O–H groups in total. The van der Waals surface area contributed by atoms with Gasteiger partial charge in [0, 0.05) is 55.4 Å². The van der Waals surface area contributed by atoms with Crippen LogP contribution in [0.4, 0.5) is 11.4 Å². The quantitative estimate of drug-likeness (QED) is 0.181. The molecule has 1 aromatic heterocycles. The predicted octanol–water partition coefficient (Wildman–Crippen LogP) is 11.0. The number of benzene rings is 6. The normalized spacial score (nSPS) is 20.1. The molecule has 12 rings (SSSR count). The molecule has 2 nitrogen and oxygen atoms in total. The largest absolute Gasteiger partial charge is 0.310 e. The number of aromatic nitrogens is 1. The van der Waals surface area contributed by atoms with Crippen molar-refractivity contribution in [2.24, 2.45) is 5.92 Å². The van der Waals surface area contributed by atoms with Gasteiger partial charge in [0.1, 0.15) is 0 Å². The second kappa shape index (κ2) is 11.2. The van der Waals surface area contributed by atoms with Gasteiger partial charge in [-0.25, -0.2) is 0 Å². The fourth-order valence-electron chi connectivity index (χ4n) is 9.82. The van der Waals surface area contributed by atoms with E-state index in [9.17, 15) is 0 Å². The van der Waals surface area contributed by atoms with E-state index in [2.05, 4.69) is 185 Å². The molecule has 0 bridgehead atoms. The van der Waals surface area contributed by atoms with Gasteiger partial charge in [-0.15, -0.1) is 11.8 Å². The summed E-state index contributed by atoms with van der Waals surface area (Å²) in [5.74, 6) is 0.632. The highest BCUT2D eigenvalue weighted by Gasteiger charge is 2.42. The van der Waals surface area contributed by atoms with Crippen molar-refractivity contribution in [3.05, 3.63) is 208 Å². The summed E-state index contributed by atoms with van der Waals surface area (Å²) in [5, 5.41) is 5.65. The summed E-state index contributed by atoms with van der Waals surface area (Å²) in [5.41, 5.74) is 15.7. The van der Waals surface area contributed by atoms with E-state index in [0.29, 0.717) is 17.1 Å². The lowest BCUT2D eigenvalue weighted by atomic mass is 9.77. The average molecular weight is 695 g/mol. The van der Waals surface area contributed by atoms with Crippen LogP contribution in [-0.4, -0.2) is 9.82 Å². The van der Waals surface area contributed by atoms with E-state index in [1.165, 1.54) is 93.3 Å². The minimum absolute atomic E-state index is 0.315. The number of allylic oxidation sites excluding steroid dienone is 6. The van der Waals surface area contributed by atoms with E-state index < -0.39 is 0 Å². The molecule has 0 saturated heterocycles. The van der Waals surface area contributed by atoms with Crippen LogP contribution in [0.5, 0.6) is 0 Å². The van der Waals surface area contributed by atoms with Gasteiger partial charge in [0.05, 0.1) is 16.7 Å². The van der Waals surface area contributed by atoms with E-state index in [1.807, 2.05) is 11.8 Å². The molecule has 0 saturated carbocycles. The number of hydrogen-bond acceptors (Lipinski definition) is 2. The summed E-state index contributed by atoms with van der Waals surface area (Å²) in [6.07, 6.45) is 15.4. The summed E-state index contributed by atoms with van der Waals surface area (Å²) >= 11 is 2.01. The van der Waals surface area contributed by atoms with Crippen LogP contribution in [-0.2, 0) is 0 Å². The van der Waals surface area contributed by atoms with E-state index in [1.54, 1.807) is 0 Å². The Hall–Kier alpha value is -6.03. The third-order valence-electron chi connectivity index (χ3n) is 12.0. The molecule has 3 heteroatoms. The molecule has 5 aliphatic rings. The van der Waals surface area contributed by atoms with Gasteiger partial charge < -0.3 is 9.47 Å². The predicted molar refractivity (Wildman–Crippen MR) is 222 cm³/mol. The summed E-state index contributed by atoms with van der Waals surface area (Å²) in [6, 6.07) is 51.8. The zero-order chi connectivity index (χ0) is 34.6. The van der Waals surface area contributed by atoms with Crippen LogP contribution in [0, 0.1) is 5.92 Å². The minimum Gasteiger partial charge on any atom is -0.310 e. The highest BCUT2D eigenvalue weighted by Crippen LogP contribution is 2.56. The Kier molecular flexibility index (Phi) is 6.26. The maximum absolute atomic E-state index is 2.58. The van der Waals surface area contributed by atoms with Crippen molar-refractivity contribution in [3.63, 3.8) is 0 Å². The maximum Gasteiger partial charge on any atom is 0.0561 e. The Bertz CT molecular complexity index is 2970. The first-order valence-electron chi connectivity index (χ1n) is 18.7. The van der Waals surface area contributed by atoms with Crippen LogP contribution in [0.1, 0.15) is 29.0 Å². The van der Waals surface area contributed by atoms with Crippen LogP contribution in [0.15, 0.2) is 186 Å². The lowest BCUT2D eigenvalue weighted by molar-refractivity contribution is 0.725. The second-order valence-electron chi connectivity index (χ2n) is 14.7. The van der Waals surface area contributed by atoms with E-state index in [0.717, 1.165) is 6.42 Å². The van der Waals surface area contributed by atoms with Gasteiger partial charge in [-0.05, 0) is 93.2 Å². The molecule has 53 heavy (non-hydrogen) atoms. The first kappa shape index (κ1) is 29.5. The van der Waals surface area contributed by atoms with Gasteiger partial charge in [-0.2, -0.15) is 0 Å². The number of nitrogens with zero attached hydrogens (tertiary/aromatic N) is 2. The van der Waals surface area contributed by atoms with Crippen molar-refractivity contribution in [2.45, 2.75) is 22.5 Å². The molecule has 7 aromatic rings. The Morgan fingerprint density at radius 1 is 0.698 bits per heavy atom. The van der Waals surface area contributed by atoms with Crippen LogP contribution < -0.4 is 15.3 Å². The molecule has 0 fully saturated rings. The molecule has 6 aromatic carbocycles. The standard InChI is InChI=1S/C50H34N2S/c1-2-14-33(15-3-1)52-43-21-8-6-17-37(43)38-26-24-35(30-45(38)52)51(34-25-27-47-42(29-34)39-18-7-9-23-46(39)53-47)44-22-11-20-41-40-19-10-13-32-28-31-12-4-5-16-36(31)50(48(32)40)49(41)44/h1-26,28-30,40,47-48H,27H2. The Balaban J connectivity index is 1.15. The van der Waals surface area contributed by atoms with Crippen molar-refractivity contribution in [1.29, 1.82) is 0 Å². The molecular formula is C50H34N2S. The van der Waals surface area contributed by atoms with Gasteiger partial charge in [0.15, 0.2) is 0 Å². The SMILES string of the molecule is C1=CC2c3cccc(N(C4=CCC5Sc6ccccc6C5=C4)c4ccc5c6ccccc6n(-c6ccccc6)c5c4)c3C3=c4ccccc4=CC(=C1)C32. The second-order valence-corrected chi connectivity index (χ2v) is 16.0. The molecule has 3 unspecified atom stereocenters. The zero-order valence-corrected chi connectivity index (χ0v) is 29.8. The third-order valence-corrected chi connectivity index (χ3v) is 13.3. The highest BCUT2D eigenvalue weighted by atomic mass is 32.2. The van der Waals surface area contributed by atoms with E-state index >= 15 is 0 Å². The molecule has 1 aliphatic heterocycles.